The van der Waals surface area contributed by atoms with E-state index in [-0.39, 0.29) is 5.91 Å². The highest BCUT2D eigenvalue weighted by Gasteiger charge is 2.16. The van der Waals surface area contributed by atoms with Crippen LogP contribution < -0.4 is 5.32 Å². The molecule has 0 aromatic carbocycles. The van der Waals surface area contributed by atoms with E-state index < -0.39 is 0 Å². The van der Waals surface area contributed by atoms with Crippen molar-refractivity contribution in [1.82, 2.24) is 20.0 Å². The minimum Gasteiger partial charge on any atom is -0.342 e. The maximum absolute atomic E-state index is 12.3. The number of nitrogens with zero attached hydrogens (tertiary/aromatic N) is 3. The second-order valence-electron chi connectivity index (χ2n) is 5.51. The van der Waals surface area contributed by atoms with Crippen molar-refractivity contribution in [1.29, 1.82) is 0 Å². The van der Waals surface area contributed by atoms with Gasteiger partial charge in [-0.25, -0.2) is 0 Å². The second-order valence-corrected chi connectivity index (χ2v) is 5.51. The van der Waals surface area contributed by atoms with Crippen LogP contribution in [0.25, 0.3) is 0 Å². The normalized spacial score (nSPS) is 17.5. The Labute approximate surface area is 117 Å². The molecule has 0 unspecified atom stereocenters. The minimum absolute atomic E-state index is 0.281. The summed E-state index contributed by atoms with van der Waals surface area (Å²) in [5.74, 6) is 0.281. The predicted octanol–water partition coefficient (Wildman–Crippen LogP) is 0.0819. The molecule has 0 spiro atoms. The van der Waals surface area contributed by atoms with Gasteiger partial charge < -0.3 is 15.1 Å². The van der Waals surface area contributed by atoms with Crippen LogP contribution in [0.1, 0.15) is 19.8 Å². The molecule has 1 saturated heterocycles. The molecule has 5 heteroatoms. The zero-order valence-electron chi connectivity index (χ0n) is 12.8. The van der Waals surface area contributed by atoms with Crippen molar-refractivity contribution in [3.8, 4) is 0 Å². The van der Waals surface area contributed by atoms with E-state index in [0.29, 0.717) is 6.54 Å². The van der Waals surface area contributed by atoms with Crippen molar-refractivity contribution in [3.05, 3.63) is 0 Å². The fourth-order valence-electron chi connectivity index (χ4n) is 2.39. The van der Waals surface area contributed by atoms with Gasteiger partial charge in [-0.3, -0.25) is 9.69 Å². The Kier molecular flexibility index (Phi) is 8.02. The van der Waals surface area contributed by atoms with Gasteiger partial charge in [0.2, 0.25) is 5.91 Å². The molecule has 1 rings (SSSR count). The molecule has 1 aliphatic heterocycles. The average molecular weight is 270 g/mol. The maximum atomic E-state index is 12.3. The summed E-state index contributed by atoms with van der Waals surface area (Å²) >= 11 is 0. The highest BCUT2D eigenvalue weighted by molar-refractivity contribution is 5.78. The SMILES string of the molecule is CCN(CCCN(C)C)C(=O)CN1CCCNCC1. The Balaban J connectivity index is 2.31. The van der Waals surface area contributed by atoms with Crippen LogP contribution in [-0.2, 0) is 4.79 Å². The van der Waals surface area contributed by atoms with Crippen molar-refractivity contribution in [2.24, 2.45) is 0 Å². The topological polar surface area (TPSA) is 38.8 Å². The molecular formula is C14H30N4O. The number of hydrogen-bond donors (Lipinski definition) is 1. The summed E-state index contributed by atoms with van der Waals surface area (Å²) in [6, 6.07) is 0. The smallest absolute Gasteiger partial charge is 0.236 e. The molecule has 0 bridgehead atoms. The predicted molar refractivity (Wildman–Crippen MR) is 79.4 cm³/mol. The molecule has 112 valence electrons. The third kappa shape index (κ3) is 6.89. The van der Waals surface area contributed by atoms with Gasteiger partial charge in [0.15, 0.2) is 0 Å². The van der Waals surface area contributed by atoms with E-state index >= 15 is 0 Å². The largest absolute Gasteiger partial charge is 0.342 e. The Morgan fingerprint density at radius 1 is 1.21 bits per heavy atom. The van der Waals surface area contributed by atoms with Crippen LogP contribution in [-0.4, -0.2) is 87.1 Å². The first-order valence-corrected chi connectivity index (χ1v) is 7.49. The van der Waals surface area contributed by atoms with Crippen LogP contribution in [0.3, 0.4) is 0 Å². The van der Waals surface area contributed by atoms with Gasteiger partial charge in [0, 0.05) is 26.2 Å². The number of nitrogens with one attached hydrogen (secondary N) is 1. The van der Waals surface area contributed by atoms with Crippen molar-refractivity contribution in [2.45, 2.75) is 19.8 Å². The Morgan fingerprint density at radius 3 is 2.68 bits per heavy atom. The van der Waals surface area contributed by atoms with Crippen LogP contribution in [0.15, 0.2) is 0 Å². The summed E-state index contributed by atoms with van der Waals surface area (Å²) < 4.78 is 0. The Morgan fingerprint density at radius 2 is 2.00 bits per heavy atom. The summed E-state index contributed by atoms with van der Waals surface area (Å²) in [5.41, 5.74) is 0. The molecular weight excluding hydrogens is 240 g/mol. The summed E-state index contributed by atoms with van der Waals surface area (Å²) in [6.07, 6.45) is 2.19. The summed E-state index contributed by atoms with van der Waals surface area (Å²) in [7, 11) is 4.14. The monoisotopic (exact) mass is 270 g/mol. The number of carbonyl (C=O) groups is 1. The number of rotatable bonds is 7. The van der Waals surface area contributed by atoms with Crippen molar-refractivity contribution >= 4 is 5.91 Å². The zero-order chi connectivity index (χ0) is 14.1. The summed E-state index contributed by atoms with van der Waals surface area (Å²) in [5, 5.41) is 3.37. The first-order valence-electron chi connectivity index (χ1n) is 7.49. The number of likely N-dealkylation sites (N-methyl/N-ethyl adjacent to an activating group) is 1. The van der Waals surface area contributed by atoms with Gasteiger partial charge in [0.05, 0.1) is 6.54 Å². The third-order valence-electron chi connectivity index (χ3n) is 3.56. The van der Waals surface area contributed by atoms with Crippen LogP contribution in [0, 0.1) is 0 Å². The van der Waals surface area contributed by atoms with Crippen LogP contribution in [0.5, 0.6) is 0 Å². The molecule has 1 fully saturated rings. The van der Waals surface area contributed by atoms with Gasteiger partial charge in [-0.2, -0.15) is 0 Å². The van der Waals surface area contributed by atoms with Crippen LogP contribution in [0.2, 0.25) is 0 Å². The van der Waals surface area contributed by atoms with Gasteiger partial charge >= 0.3 is 0 Å². The highest BCUT2D eigenvalue weighted by Crippen LogP contribution is 2.00. The highest BCUT2D eigenvalue weighted by atomic mass is 16.2. The minimum atomic E-state index is 0.281. The lowest BCUT2D eigenvalue weighted by Crippen LogP contribution is -2.42. The quantitative estimate of drug-likeness (QED) is 0.711. The van der Waals surface area contributed by atoms with Gasteiger partial charge in [-0.15, -0.1) is 0 Å². The first kappa shape index (κ1) is 16.4. The van der Waals surface area contributed by atoms with Gasteiger partial charge in [-0.1, -0.05) is 0 Å². The van der Waals surface area contributed by atoms with E-state index in [1.54, 1.807) is 0 Å². The molecule has 1 heterocycles. The zero-order valence-corrected chi connectivity index (χ0v) is 12.8. The lowest BCUT2D eigenvalue weighted by atomic mass is 10.3. The van der Waals surface area contributed by atoms with Crippen molar-refractivity contribution in [2.75, 3.05) is 66.5 Å². The maximum Gasteiger partial charge on any atom is 0.236 e. The molecule has 19 heavy (non-hydrogen) atoms. The molecule has 0 radical (unpaired) electrons. The van der Waals surface area contributed by atoms with Crippen LogP contribution in [0.4, 0.5) is 0 Å². The average Bonchev–Trinajstić information content (AvgIpc) is 2.62. The Hall–Kier alpha value is -0.650. The molecule has 5 nitrogen and oxygen atoms in total. The fourth-order valence-corrected chi connectivity index (χ4v) is 2.39. The lowest BCUT2D eigenvalue weighted by Gasteiger charge is -2.26. The summed E-state index contributed by atoms with van der Waals surface area (Å²) in [6.45, 7) is 9.48. The fraction of sp³-hybridized carbons (Fsp3) is 0.929. The first-order chi connectivity index (χ1) is 9.13. The van der Waals surface area contributed by atoms with Gasteiger partial charge in [0.25, 0.3) is 0 Å². The molecule has 0 aliphatic carbocycles. The molecule has 0 aromatic heterocycles. The van der Waals surface area contributed by atoms with E-state index in [1.807, 2.05) is 4.90 Å². The Bertz CT molecular complexity index is 250. The standard InChI is InChI=1S/C14H30N4O/c1-4-18(11-6-9-16(2)3)14(19)13-17-10-5-7-15-8-12-17/h15H,4-13H2,1-3H3. The van der Waals surface area contributed by atoms with E-state index in [9.17, 15) is 4.79 Å². The molecule has 1 amide bonds. The number of hydrogen-bond acceptors (Lipinski definition) is 4. The molecule has 0 aromatic rings. The second kappa shape index (κ2) is 9.28. The number of carbonyl (C=O) groups excluding carboxylic acids is 1. The molecule has 0 atom stereocenters. The third-order valence-corrected chi connectivity index (χ3v) is 3.56. The summed E-state index contributed by atoms with van der Waals surface area (Å²) in [4.78, 5) is 18.7. The van der Waals surface area contributed by atoms with E-state index in [0.717, 1.165) is 58.7 Å². The van der Waals surface area contributed by atoms with E-state index in [1.165, 1.54) is 0 Å². The van der Waals surface area contributed by atoms with E-state index in [4.69, 9.17) is 0 Å². The van der Waals surface area contributed by atoms with Gasteiger partial charge in [-0.05, 0) is 53.5 Å². The van der Waals surface area contributed by atoms with Gasteiger partial charge in [0.1, 0.15) is 0 Å². The van der Waals surface area contributed by atoms with Crippen molar-refractivity contribution in [3.63, 3.8) is 0 Å². The van der Waals surface area contributed by atoms with Crippen LogP contribution >= 0.6 is 0 Å². The molecule has 1 aliphatic rings. The molecule has 0 saturated carbocycles. The molecule has 1 N–H and O–H groups in total. The number of amides is 1. The lowest BCUT2D eigenvalue weighted by molar-refractivity contribution is -0.132. The van der Waals surface area contributed by atoms with Crippen molar-refractivity contribution < 1.29 is 4.79 Å². The van der Waals surface area contributed by atoms with E-state index in [2.05, 4.69) is 36.1 Å².